The van der Waals surface area contributed by atoms with Crippen LogP contribution in [0.5, 0.6) is 5.75 Å². The van der Waals surface area contributed by atoms with Gasteiger partial charge < -0.3 is 14.6 Å². The Morgan fingerprint density at radius 3 is 2.26 bits per heavy atom. The number of aromatic nitrogens is 3. The van der Waals surface area contributed by atoms with Gasteiger partial charge in [0.1, 0.15) is 11.4 Å². The number of methoxy groups -OCH3 is 1. The number of para-hydroxylation sites is 1. The monoisotopic (exact) mass is 450 g/mol. The van der Waals surface area contributed by atoms with Crippen molar-refractivity contribution in [2.75, 3.05) is 12.4 Å². The number of anilines is 1. The van der Waals surface area contributed by atoms with Gasteiger partial charge >= 0.3 is 0 Å². The van der Waals surface area contributed by atoms with Crippen LogP contribution in [0.3, 0.4) is 0 Å². The highest BCUT2D eigenvalue weighted by molar-refractivity contribution is 6.08. The number of nitrogens with one attached hydrogen (secondary N) is 1. The molecule has 1 N–H and O–H groups in total. The van der Waals surface area contributed by atoms with E-state index in [1.54, 1.807) is 43.8 Å². The molecule has 7 nitrogen and oxygen atoms in total. The summed E-state index contributed by atoms with van der Waals surface area (Å²) >= 11 is 0. The summed E-state index contributed by atoms with van der Waals surface area (Å²) in [6, 6.07) is 26.1. The maximum absolute atomic E-state index is 13.3. The quantitative estimate of drug-likeness (QED) is 0.415. The third-order valence-corrected chi connectivity index (χ3v) is 5.52. The maximum Gasteiger partial charge on any atom is 0.282 e. The zero-order chi connectivity index (χ0) is 23.5. The topological polar surface area (TPSA) is 78.1 Å². The standard InChI is InChI=1S/C27H22N4O3/c1-34-22-14-12-20(13-15-22)28-26(32)23-17-30(16-19-8-4-2-5-9-19)18-24-25(23)29-31(27(24)33)21-10-6-3-7-11-21/h2-15,17-18H,16H2,1H3,(H,28,32). The summed E-state index contributed by atoms with van der Waals surface area (Å²) in [5.41, 5.74) is 3.07. The molecule has 0 unspecified atom stereocenters. The normalized spacial score (nSPS) is 10.9. The molecular formula is C27H22N4O3. The second-order valence-corrected chi connectivity index (χ2v) is 7.83. The summed E-state index contributed by atoms with van der Waals surface area (Å²) in [6.45, 7) is 0.509. The molecule has 0 aromatic heterocycles. The number of ether oxygens (including phenoxy) is 1. The van der Waals surface area contributed by atoms with E-state index in [-0.39, 0.29) is 11.5 Å². The molecule has 0 saturated heterocycles. The van der Waals surface area contributed by atoms with Gasteiger partial charge in [-0.15, -0.1) is 0 Å². The van der Waals surface area contributed by atoms with Crippen molar-refractivity contribution in [3.63, 3.8) is 0 Å². The SMILES string of the molecule is COc1ccc(NC(=O)c2cn(Cc3ccccc3)cc3c(=O)n(-c4ccccc4)nc2-3)cc1. The predicted molar refractivity (Wildman–Crippen MR) is 131 cm³/mol. The van der Waals surface area contributed by atoms with E-state index >= 15 is 0 Å². The molecule has 0 spiro atoms. The van der Waals surface area contributed by atoms with Crippen LogP contribution in [0.1, 0.15) is 15.9 Å². The van der Waals surface area contributed by atoms with Crippen molar-refractivity contribution in [2.45, 2.75) is 6.54 Å². The Balaban J connectivity index is 1.60. The average molecular weight is 450 g/mol. The van der Waals surface area contributed by atoms with Crippen LogP contribution in [0, 0.1) is 0 Å². The molecule has 1 amide bonds. The molecule has 2 aliphatic rings. The number of hydrogen-bond acceptors (Lipinski definition) is 4. The van der Waals surface area contributed by atoms with E-state index < -0.39 is 0 Å². The third kappa shape index (κ3) is 4.19. The van der Waals surface area contributed by atoms with Gasteiger partial charge in [0.05, 0.1) is 23.9 Å². The molecule has 0 saturated carbocycles. The molecule has 2 aliphatic heterocycles. The molecule has 0 aliphatic carbocycles. The van der Waals surface area contributed by atoms with Gasteiger partial charge in [0.2, 0.25) is 0 Å². The van der Waals surface area contributed by atoms with Crippen molar-refractivity contribution in [1.82, 2.24) is 14.3 Å². The van der Waals surface area contributed by atoms with Gasteiger partial charge in [0.25, 0.3) is 11.5 Å². The molecule has 2 heterocycles. The van der Waals surface area contributed by atoms with Gasteiger partial charge in [-0.25, -0.2) is 0 Å². The molecule has 0 fully saturated rings. The summed E-state index contributed by atoms with van der Waals surface area (Å²) in [4.78, 5) is 26.6. The van der Waals surface area contributed by atoms with Crippen LogP contribution in [0.2, 0.25) is 0 Å². The summed E-state index contributed by atoms with van der Waals surface area (Å²) in [6.07, 6.45) is 3.48. The van der Waals surface area contributed by atoms with Gasteiger partial charge in [-0.2, -0.15) is 9.78 Å². The van der Waals surface area contributed by atoms with Crippen molar-refractivity contribution < 1.29 is 9.53 Å². The van der Waals surface area contributed by atoms with Crippen LogP contribution in [-0.2, 0) is 6.54 Å². The molecule has 7 heteroatoms. The first-order chi connectivity index (χ1) is 16.6. The number of amides is 1. The van der Waals surface area contributed by atoms with Gasteiger partial charge in [0.15, 0.2) is 0 Å². The van der Waals surface area contributed by atoms with Crippen molar-refractivity contribution >= 4 is 11.6 Å². The molecule has 5 rings (SSSR count). The Morgan fingerprint density at radius 2 is 1.59 bits per heavy atom. The Morgan fingerprint density at radius 1 is 0.912 bits per heavy atom. The zero-order valence-corrected chi connectivity index (χ0v) is 18.5. The number of rotatable bonds is 6. The number of hydrogen-bond donors (Lipinski definition) is 1. The molecule has 3 aromatic rings. The second-order valence-electron chi connectivity index (χ2n) is 7.83. The lowest BCUT2D eigenvalue weighted by Gasteiger charge is -2.13. The van der Waals surface area contributed by atoms with E-state index in [1.807, 2.05) is 65.2 Å². The average Bonchev–Trinajstić information content (AvgIpc) is 3.21. The third-order valence-electron chi connectivity index (χ3n) is 5.52. The Hall–Kier alpha value is -4.65. The number of carbonyl (C=O) groups is 1. The molecule has 0 radical (unpaired) electrons. The summed E-state index contributed by atoms with van der Waals surface area (Å²) in [5.74, 6) is 0.341. The lowest BCUT2D eigenvalue weighted by Crippen LogP contribution is -2.18. The highest BCUT2D eigenvalue weighted by atomic mass is 16.5. The van der Waals surface area contributed by atoms with Crippen LogP contribution in [0.15, 0.2) is 102 Å². The van der Waals surface area contributed by atoms with Gasteiger partial charge in [0, 0.05) is 24.6 Å². The largest absolute Gasteiger partial charge is 0.497 e. The van der Waals surface area contributed by atoms with Crippen LogP contribution in [0.25, 0.3) is 16.9 Å². The number of benzene rings is 3. The van der Waals surface area contributed by atoms with Gasteiger partial charge in [-0.3, -0.25) is 9.59 Å². The fraction of sp³-hybridized carbons (Fsp3) is 0.0741. The first-order valence-electron chi connectivity index (χ1n) is 10.8. The molecule has 3 aromatic carbocycles. The number of fused-ring (bicyclic) bond motifs is 1. The fourth-order valence-corrected chi connectivity index (χ4v) is 3.83. The van der Waals surface area contributed by atoms with Crippen molar-refractivity contribution in [2.24, 2.45) is 0 Å². The van der Waals surface area contributed by atoms with Crippen LogP contribution < -0.4 is 15.6 Å². The minimum absolute atomic E-state index is 0.276. The smallest absolute Gasteiger partial charge is 0.282 e. The lowest BCUT2D eigenvalue weighted by atomic mass is 10.1. The summed E-state index contributed by atoms with van der Waals surface area (Å²) < 4.78 is 8.36. The van der Waals surface area contributed by atoms with E-state index in [0.717, 1.165) is 5.56 Å². The summed E-state index contributed by atoms with van der Waals surface area (Å²) in [5, 5.41) is 7.43. The van der Waals surface area contributed by atoms with E-state index in [9.17, 15) is 9.59 Å². The zero-order valence-electron chi connectivity index (χ0n) is 18.5. The Labute approximate surface area is 196 Å². The highest BCUT2D eigenvalue weighted by Crippen LogP contribution is 2.24. The Kier molecular flexibility index (Phi) is 5.66. The van der Waals surface area contributed by atoms with Crippen molar-refractivity contribution in [3.05, 3.63) is 119 Å². The summed E-state index contributed by atoms with van der Waals surface area (Å²) in [7, 11) is 1.59. The molecule has 34 heavy (non-hydrogen) atoms. The van der Waals surface area contributed by atoms with Crippen LogP contribution >= 0.6 is 0 Å². The van der Waals surface area contributed by atoms with Gasteiger partial charge in [-0.05, 0) is 42.0 Å². The molecule has 0 atom stereocenters. The second kappa shape index (κ2) is 9.07. The van der Waals surface area contributed by atoms with Crippen molar-refractivity contribution in [1.29, 1.82) is 0 Å². The highest BCUT2D eigenvalue weighted by Gasteiger charge is 2.24. The van der Waals surface area contributed by atoms with Crippen LogP contribution in [-0.4, -0.2) is 27.4 Å². The molecular weight excluding hydrogens is 428 g/mol. The van der Waals surface area contributed by atoms with E-state index in [0.29, 0.717) is 40.5 Å². The number of pyridine rings is 1. The van der Waals surface area contributed by atoms with Gasteiger partial charge in [-0.1, -0.05) is 48.5 Å². The first kappa shape index (κ1) is 21.2. The minimum Gasteiger partial charge on any atom is -0.497 e. The molecule has 0 bridgehead atoms. The predicted octanol–water partition coefficient (Wildman–Crippen LogP) is 4.45. The minimum atomic E-state index is -0.352. The number of nitrogens with zero attached hydrogens (tertiary/aromatic N) is 3. The first-order valence-corrected chi connectivity index (χ1v) is 10.8. The van der Waals surface area contributed by atoms with Crippen molar-refractivity contribution in [3.8, 4) is 22.7 Å². The Bertz CT molecular complexity index is 1460. The lowest BCUT2D eigenvalue weighted by molar-refractivity contribution is 0.102. The van der Waals surface area contributed by atoms with E-state index in [1.165, 1.54) is 4.68 Å². The maximum atomic E-state index is 13.3. The number of carbonyl (C=O) groups excluding carboxylic acids is 1. The van der Waals surface area contributed by atoms with Crippen LogP contribution in [0.4, 0.5) is 5.69 Å². The van der Waals surface area contributed by atoms with E-state index in [2.05, 4.69) is 10.4 Å². The molecule has 168 valence electrons. The van der Waals surface area contributed by atoms with E-state index in [4.69, 9.17) is 4.74 Å². The fourth-order valence-electron chi connectivity index (χ4n) is 3.83.